The molecule has 1 aromatic heterocycles. The highest BCUT2D eigenvalue weighted by Crippen LogP contribution is 2.27. The van der Waals surface area contributed by atoms with Crippen LogP contribution in [0, 0.1) is 10.1 Å². The van der Waals surface area contributed by atoms with Gasteiger partial charge in [-0.1, -0.05) is 6.07 Å². The van der Waals surface area contributed by atoms with E-state index >= 15 is 0 Å². The fourth-order valence-corrected chi connectivity index (χ4v) is 1.99. The van der Waals surface area contributed by atoms with E-state index < -0.39 is 10.8 Å². The van der Waals surface area contributed by atoms with Crippen LogP contribution in [0.25, 0.3) is 10.9 Å². The number of nitro groups is 1. The fraction of sp³-hybridized carbons (Fsp3) is 0. The first-order valence-corrected chi connectivity index (χ1v) is 5.33. The van der Waals surface area contributed by atoms with Gasteiger partial charge in [0.15, 0.2) is 0 Å². The van der Waals surface area contributed by atoms with Crippen LogP contribution in [-0.4, -0.2) is 15.8 Å². The summed E-state index contributed by atoms with van der Waals surface area (Å²) in [6, 6.07) is 5.87. The van der Waals surface area contributed by atoms with Crippen LogP contribution in [0.15, 0.2) is 28.9 Å². The molecule has 2 rings (SSSR count). The fourth-order valence-electron chi connectivity index (χ4n) is 1.49. The predicted molar refractivity (Wildman–Crippen MR) is 64.6 cm³/mol. The summed E-state index contributed by atoms with van der Waals surface area (Å²) in [7, 11) is 0. The summed E-state index contributed by atoms with van der Waals surface area (Å²) in [5.74, 6) is -0.690. The molecule has 17 heavy (non-hydrogen) atoms. The molecule has 2 N–H and O–H groups in total. The normalized spacial score (nSPS) is 10.4. The van der Waals surface area contributed by atoms with Gasteiger partial charge >= 0.3 is 0 Å². The van der Waals surface area contributed by atoms with Gasteiger partial charge in [0.2, 0.25) is 0 Å². The van der Waals surface area contributed by atoms with E-state index in [9.17, 15) is 14.9 Å². The summed E-state index contributed by atoms with van der Waals surface area (Å²) in [6.07, 6.45) is 0. The number of fused-ring (bicyclic) bond motifs is 1. The lowest BCUT2D eigenvalue weighted by molar-refractivity contribution is -0.383. The van der Waals surface area contributed by atoms with Crippen LogP contribution in [-0.2, 0) is 0 Å². The van der Waals surface area contributed by atoms with E-state index in [1.807, 2.05) is 0 Å². The second-order valence-electron chi connectivity index (χ2n) is 3.29. The van der Waals surface area contributed by atoms with Gasteiger partial charge in [0.25, 0.3) is 11.6 Å². The first kappa shape index (κ1) is 11.5. The van der Waals surface area contributed by atoms with Crippen molar-refractivity contribution in [3.63, 3.8) is 0 Å². The second kappa shape index (κ2) is 4.10. The Morgan fingerprint density at radius 2 is 2.18 bits per heavy atom. The Labute approximate surface area is 104 Å². The third kappa shape index (κ3) is 1.96. The Morgan fingerprint density at radius 3 is 2.76 bits per heavy atom. The minimum Gasteiger partial charge on any atom is -0.366 e. The van der Waals surface area contributed by atoms with Crippen LogP contribution >= 0.6 is 15.9 Å². The molecule has 0 bridgehead atoms. The zero-order valence-electron chi connectivity index (χ0n) is 8.38. The molecule has 0 aliphatic rings. The van der Waals surface area contributed by atoms with Gasteiger partial charge in [-0.05, 0) is 28.1 Å². The van der Waals surface area contributed by atoms with Crippen LogP contribution in [0.3, 0.4) is 0 Å². The van der Waals surface area contributed by atoms with E-state index in [-0.39, 0.29) is 21.2 Å². The number of rotatable bonds is 2. The molecule has 0 spiro atoms. The average Bonchev–Trinajstić information content (AvgIpc) is 2.26. The van der Waals surface area contributed by atoms with E-state index in [0.717, 1.165) is 0 Å². The number of nitro benzene ring substituents is 1. The van der Waals surface area contributed by atoms with Crippen molar-refractivity contribution in [2.45, 2.75) is 0 Å². The van der Waals surface area contributed by atoms with E-state index in [1.165, 1.54) is 18.2 Å². The first-order chi connectivity index (χ1) is 8.00. The Balaban J connectivity index is 2.85. The molecule has 1 heterocycles. The molecule has 0 fully saturated rings. The number of carbonyl (C=O) groups is 1. The number of non-ortho nitro benzene ring substituents is 1. The standard InChI is InChI=1S/C10H6BrN3O3/c11-9-6(10(12)15)4-5-7(13-9)2-1-3-8(5)14(16)17/h1-4H,(H2,12,15). The Morgan fingerprint density at radius 1 is 1.47 bits per heavy atom. The highest BCUT2D eigenvalue weighted by molar-refractivity contribution is 9.10. The molecule has 0 radical (unpaired) electrons. The first-order valence-electron chi connectivity index (χ1n) is 4.54. The zero-order chi connectivity index (χ0) is 12.6. The number of primary amides is 1. The van der Waals surface area contributed by atoms with Crippen molar-refractivity contribution in [2.24, 2.45) is 5.73 Å². The maximum atomic E-state index is 11.1. The molecule has 0 aliphatic carbocycles. The smallest absolute Gasteiger partial charge is 0.278 e. The number of aromatic nitrogens is 1. The monoisotopic (exact) mass is 295 g/mol. The topological polar surface area (TPSA) is 99.1 Å². The van der Waals surface area contributed by atoms with Crippen molar-refractivity contribution in [1.29, 1.82) is 0 Å². The van der Waals surface area contributed by atoms with E-state index in [2.05, 4.69) is 20.9 Å². The molecule has 0 aliphatic heterocycles. The Bertz CT molecular complexity index is 642. The molecular formula is C10H6BrN3O3. The minimum atomic E-state index is -0.690. The van der Waals surface area contributed by atoms with Crippen LogP contribution in [0.2, 0.25) is 0 Å². The number of nitrogens with zero attached hydrogens (tertiary/aromatic N) is 2. The Kier molecular flexibility index (Phi) is 2.76. The molecular weight excluding hydrogens is 290 g/mol. The molecule has 0 unspecified atom stereocenters. The van der Waals surface area contributed by atoms with E-state index in [4.69, 9.17) is 5.73 Å². The number of nitrogens with two attached hydrogens (primary N) is 1. The molecule has 0 saturated carbocycles. The highest BCUT2D eigenvalue weighted by atomic mass is 79.9. The number of pyridine rings is 1. The van der Waals surface area contributed by atoms with Crippen molar-refractivity contribution < 1.29 is 9.72 Å². The van der Waals surface area contributed by atoms with Gasteiger partial charge in [-0.3, -0.25) is 14.9 Å². The van der Waals surface area contributed by atoms with Crippen molar-refractivity contribution in [2.75, 3.05) is 0 Å². The summed E-state index contributed by atoms with van der Waals surface area (Å²) >= 11 is 3.10. The summed E-state index contributed by atoms with van der Waals surface area (Å²) in [5.41, 5.74) is 5.59. The largest absolute Gasteiger partial charge is 0.366 e. The lowest BCUT2D eigenvalue weighted by Crippen LogP contribution is -2.12. The number of benzene rings is 1. The van der Waals surface area contributed by atoms with Crippen molar-refractivity contribution in [1.82, 2.24) is 4.98 Å². The molecule has 1 amide bonds. The van der Waals surface area contributed by atoms with Gasteiger partial charge in [0.1, 0.15) is 4.60 Å². The van der Waals surface area contributed by atoms with E-state index in [1.54, 1.807) is 6.07 Å². The van der Waals surface area contributed by atoms with E-state index in [0.29, 0.717) is 5.52 Å². The zero-order valence-corrected chi connectivity index (χ0v) is 9.97. The average molecular weight is 296 g/mol. The van der Waals surface area contributed by atoms with Crippen LogP contribution in [0.4, 0.5) is 5.69 Å². The lowest BCUT2D eigenvalue weighted by atomic mass is 10.1. The summed E-state index contributed by atoms with van der Waals surface area (Å²) in [6.45, 7) is 0. The van der Waals surface area contributed by atoms with Gasteiger partial charge in [0, 0.05) is 6.07 Å². The van der Waals surface area contributed by atoms with Crippen LogP contribution in [0.1, 0.15) is 10.4 Å². The van der Waals surface area contributed by atoms with Crippen LogP contribution < -0.4 is 5.73 Å². The van der Waals surface area contributed by atoms with Crippen molar-refractivity contribution in [3.8, 4) is 0 Å². The SMILES string of the molecule is NC(=O)c1cc2c([N+](=O)[O-])cccc2nc1Br. The van der Waals surface area contributed by atoms with Gasteiger partial charge in [-0.15, -0.1) is 0 Å². The third-order valence-corrected chi connectivity index (χ3v) is 2.86. The number of halogens is 1. The number of hydrogen-bond acceptors (Lipinski definition) is 4. The van der Waals surface area contributed by atoms with Gasteiger partial charge in [-0.25, -0.2) is 4.98 Å². The third-order valence-electron chi connectivity index (χ3n) is 2.25. The Hall–Kier alpha value is -2.02. The van der Waals surface area contributed by atoms with Gasteiger partial charge in [-0.2, -0.15) is 0 Å². The molecule has 2 aromatic rings. The predicted octanol–water partition coefficient (Wildman–Crippen LogP) is 2.00. The summed E-state index contributed by atoms with van der Waals surface area (Å²) in [4.78, 5) is 25.5. The number of hydrogen-bond donors (Lipinski definition) is 1. The molecule has 7 heteroatoms. The minimum absolute atomic E-state index is 0.106. The maximum Gasteiger partial charge on any atom is 0.278 e. The van der Waals surface area contributed by atoms with Gasteiger partial charge < -0.3 is 5.73 Å². The van der Waals surface area contributed by atoms with Gasteiger partial charge in [0.05, 0.1) is 21.4 Å². The lowest BCUT2D eigenvalue weighted by Gasteiger charge is -2.03. The molecule has 6 nitrogen and oxygen atoms in total. The van der Waals surface area contributed by atoms with Crippen molar-refractivity contribution in [3.05, 3.63) is 44.5 Å². The molecule has 0 saturated heterocycles. The quantitative estimate of drug-likeness (QED) is 0.520. The molecule has 1 aromatic carbocycles. The summed E-state index contributed by atoms with van der Waals surface area (Å²) in [5, 5.41) is 11.1. The second-order valence-corrected chi connectivity index (χ2v) is 4.04. The highest BCUT2D eigenvalue weighted by Gasteiger charge is 2.16. The van der Waals surface area contributed by atoms with Crippen molar-refractivity contribution >= 4 is 38.4 Å². The maximum absolute atomic E-state index is 11.1. The number of carbonyl (C=O) groups excluding carboxylic acids is 1. The molecule has 0 atom stereocenters. The summed E-state index contributed by atoms with van der Waals surface area (Å²) < 4.78 is 0.276. The number of amides is 1. The molecule has 86 valence electrons. The van der Waals surface area contributed by atoms with Crippen LogP contribution in [0.5, 0.6) is 0 Å².